The highest BCUT2D eigenvalue weighted by molar-refractivity contribution is 7.84. The summed E-state index contributed by atoms with van der Waals surface area (Å²) in [7, 11) is -0.771. The van der Waals surface area contributed by atoms with Gasteiger partial charge in [-0.25, -0.2) is 0 Å². The zero-order chi connectivity index (χ0) is 12.0. The lowest BCUT2D eigenvalue weighted by atomic mass is 10.2. The van der Waals surface area contributed by atoms with E-state index in [4.69, 9.17) is 16.9 Å². The molecule has 0 saturated heterocycles. The van der Waals surface area contributed by atoms with Crippen LogP contribution in [0.3, 0.4) is 0 Å². The van der Waals surface area contributed by atoms with Crippen LogP contribution in [0.1, 0.15) is 12.5 Å². The third-order valence-electron chi connectivity index (χ3n) is 2.07. The van der Waals surface area contributed by atoms with Gasteiger partial charge in [0.2, 0.25) is 0 Å². The lowest BCUT2D eigenvalue weighted by molar-refractivity contribution is 0.684. The number of hydrogen-bond donors (Lipinski definition) is 1. The monoisotopic (exact) mass is 256 g/mol. The Kier molecular flexibility index (Phi) is 5.30. The molecular weight excluding hydrogens is 244 g/mol. The van der Waals surface area contributed by atoms with Gasteiger partial charge in [-0.2, -0.15) is 5.26 Å². The van der Waals surface area contributed by atoms with E-state index in [1.165, 1.54) is 0 Å². The second-order valence-corrected chi connectivity index (χ2v) is 5.44. The van der Waals surface area contributed by atoms with Crippen molar-refractivity contribution < 1.29 is 4.21 Å². The molecule has 1 atom stereocenters. The average Bonchev–Trinajstić information content (AvgIpc) is 2.30. The van der Waals surface area contributed by atoms with Gasteiger partial charge in [0, 0.05) is 28.9 Å². The molecule has 0 spiro atoms. The largest absolute Gasteiger partial charge is 0.383 e. The Balaban J connectivity index is 2.55. The van der Waals surface area contributed by atoms with E-state index in [0.717, 1.165) is 5.69 Å². The van der Waals surface area contributed by atoms with Crippen molar-refractivity contribution in [3.05, 3.63) is 28.8 Å². The summed E-state index contributed by atoms with van der Waals surface area (Å²) >= 11 is 5.97. The lowest BCUT2D eigenvalue weighted by Crippen LogP contribution is -2.12. The predicted molar refractivity (Wildman–Crippen MR) is 68.2 cm³/mol. The van der Waals surface area contributed by atoms with E-state index < -0.39 is 10.8 Å². The molecule has 0 aliphatic heterocycles. The molecule has 1 N–H and O–H groups in total. The molecule has 0 fully saturated rings. The van der Waals surface area contributed by atoms with Gasteiger partial charge in [-0.3, -0.25) is 4.21 Å². The molecule has 1 unspecified atom stereocenters. The highest BCUT2D eigenvalue weighted by atomic mass is 35.5. The minimum atomic E-state index is -0.771. The average molecular weight is 257 g/mol. The maximum atomic E-state index is 11.2. The summed E-state index contributed by atoms with van der Waals surface area (Å²) in [5.74, 6) is 1.27. The van der Waals surface area contributed by atoms with Crippen LogP contribution >= 0.6 is 11.6 Å². The summed E-state index contributed by atoms with van der Waals surface area (Å²) in [5, 5.41) is 12.3. The number of hydrogen-bond acceptors (Lipinski definition) is 3. The second kappa shape index (κ2) is 6.51. The third-order valence-corrected chi connectivity index (χ3v) is 3.68. The van der Waals surface area contributed by atoms with Gasteiger partial charge in [0.1, 0.15) is 0 Å². The van der Waals surface area contributed by atoms with Crippen LogP contribution < -0.4 is 5.32 Å². The van der Waals surface area contributed by atoms with Crippen LogP contribution in [0.2, 0.25) is 5.02 Å². The van der Waals surface area contributed by atoms with E-state index in [1.54, 1.807) is 18.2 Å². The molecule has 16 heavy (non-hydrogen) atoms. The van der Waals surface area contributed by atoms with Crippen molar-refractivity contribution in [2.45, 2.75) is 6.92 Å². The Morgan fingerprint density at radius 2 is 2.31 bits per heavy atom. The van der Waals surface area contributed by atoms with Crippen LogP contribution in [0, 0.1) is 11.3 Å². The topological polar surface area (TPSA) is 52.9 Å². The van der Waals surface area contributed by atoms with Gasteiger partial charge in [-0.15, -0.1) is 0 Å². The van der Waals surface area contributed by atoms with Crippen molar-refractivity contribution in [3.63, 3.8) is 0 Å². The first-order valence-corrected chi connectivity index (χ1v) is 6.82. The summed E-state index contributed by atoms with van der Waals surface area (Å²) in [4.78, 5) is 0. The molecule has 5 heteroatoms. The van der Waals surface area contributed by atoms with Gasteiger partial charge >= 0.3 is 0 Å². The van der Waals surface area contributed by atoms with Crippen LogP contribution in [0.25, 0.3) is 0 Å². The number of rotatable bonds is 5. The molecule has 0 bridgehead atoms. The smallest absolute Gasteiger partial charge is 0.0992 e. The summed E-state index contributed by atoms with van der Waals surface area (Å²) < 4.78 is 11.2. The van der Waals surface area contributed by atoms with E-state index in [2.05, 4.69) is 5.32 Å². The van der Waals surface area contributed by atoms with Crippen LogP contribution in [0.4, 0.5) is 5.69 Å². The van der Waals surface area contributed by atoms with E-state index in [1.807, 2.05) is 13.0 Å². The molecule has 3 nitrogen and oxygen atoms in total. The van der Waals surface area contributed by atoms with Crippen molar-refractivity contribution in [1.29, 1.82) is 5.26 Å². The van der Waals surface area contributed by atoms with Crippen LogP contribution in [-0.4, -0.2) is 22.3 Å². The number of halogens is 1. The number of benzene rings is 1. The highest BCUT2D eigenvalue weighted by Gasteiger charge is 2.02. The van der Waals surface area contributed by atoms with Crippen molar-refractivity contribution in [1.82, 2.24) is 0 Å². The van der Waals surface area contributed by atoms with E-state index >= 15 is 0 Å². The molecule has 0 saturated carbocycles. The third kappa shape index (κ3) is 3.84. The second-order valence-electron chi connectivity index (χ2n) is 3.17. The fourth-order valence-electron chi connectivity index (χ4n) is 1.17. The number of nitrogens with zero attached hydrogens (tertiary/aromatic N) is 1. The maximum Gasteiger partial charge on any atom is 0.0992 e. The minimum Gasteiger partial charge on any atom is -0.383 e. The molecule has 0 aromatic heterocycles. The Bertz CT molecular complexity index is 428. The molecule has 0 amide bonds. The van der Waals surface area contributed by atoms with E-state index in [9.17, 15) is 4.21 Å². The zero-order valence-electron chi connectivity index (χ0n) is 9.00. The summed E-state index contributed by atoms with van der Waals surface area (Å²) in [6.45, 7) is 2.51. The fraction of sp³-hybridized carbons (Fsp3) is 0.364. The molecule has 0 aliphatic rings. The molecule has 0 radical (unpaired) electrons. The predicted octanol–water partition coefficient (Wildman–Crippen LogP) is 2.39. The fourth-order valence-corrected chi connectivity index (χ4v) is 2.04. The van der Waals surface area contributed by atoms with Crippen molar-refractivity contribution >= 4 is 28.1 Å². The van der Waals surface area contributed by atoms with Crippen molar-refractivity contribution in [2.24, 2.45) is 0 Å². The normalized spacial score (nSPS) is 11.8. The maximum absolute atomic E-state index is 11.2. The molecule has 0 aliphatic carbocycles. The Hall–Kier alpha value is -1.05. The van der Waals surface area contributed by atoms with E-state index in [-0.39, 0.29) is 0 Å². The van der Waals surface area contributed by atoms with Gasteiger partial charge in [0.05, 0.1) is 22.3 Å². The number of anilines is 1. The van der Waals surface area contributed by atoms with E-state index in [0.29, 0.717) is 28.6 Å². The SMILES string of the molecule is CCS(=O)CCNc1ccc(C#N)cc1Cl. The molecular formula is C11H13ClN2OS. The first-order valence-electron chi connectivity index (χ1n) is 4.96. The van der Waals surface area contributed by atoms with Gasteiger partial charge in [-0.05, 0) is 18.2 Å². The van der Waals surface area contributed by atoms with Crippen LogP contribution in [0.5, 0.6) is 0 Å². The lowest BCUT2D eigenvalue weighted by Gasteiger charge is -2.07. The molecule has 1 aromatic rings. The Labute approximate surface area is 103 Å². The summed E-state index contributed by atoms with van der Waals surface area (Å²) in [5.41, 5.74) is 1.31. The first-order chi connectivity index (χ1) is 7.67. The number of nitrogens with one attached hydrogen (secondary N) is 1. The molecule has 86 valence electrons. The Morgan fingerprint density at radius 3 is 2.88 bits per heavy atom. The number of nitriles is 1. The minimum absolute atomic E-state index is 0.515. The van der Waals surface area contributed by atoms with Crippen molar-refractivity contribution in [2.75, 3.05) is 23.4 Å². The van der Waals surface area contributed by atoms with Gasteiger partial charge in [0.15, 0.2) is 0 Å². The zero-order valence-corrected chi connectivity index (χ0v) is 10.6. The van der Waals surface area contributed by atoms with Gasteiger partial charge < -0.3 is 5.32 Å². The van der Waals surface area contributed by atoms with Crippen LogP contribution in [0.15, 0.2) is 18.2 Å². The standard InChI is InChI=1S/C11H13ClN2OS/c1-2-16(15)6-5-14-11-4-3-9(8-13)7-10(11)12/h3-4,7,14H,2,5-6H2,1H3. The molecule has 1 aromatic carbocycles. The molecule has 0 heterocycles. The highest BCUT2D eigenvalue weighted by Crippen LogP contribution is 2.22. The molecule has 1 rings (SSSR count). The summed E-state index contributed by atoms with van der Waals surface area (Å²) in [6, 6.07) is 7.09. The van der Waals surface area contributed by atoms with Gasteiger partial charge in [-0.1, -0.05) is 18.5 Å². The van der Waals surface area contributed by atoms with Crippen LogP contribution in [-0.2, 0) is 10.8 Å². The summed E-state index contributed by atoms with van der Waals surface area (Å²) in [6.07, 6.45) is 0. The van der Waals surface area contributed by atoms with Gasteiger partial charge in [0.25, 0.3) is 0 Å². The Morgan fingerprint density at radius 1 is 1.56 bits per heavy atom. The van der Waals surface area contributed by atoms with Crippen molar-refractivity contribution in [3.8, 4) is 6.07 Å². The quantitative estimate of drug-likeness (QED) is 0.880. The first kappa shape index (κ1) is 13.0.